The first-order chi connectivity index (χ1) is 12.3. The summed E-state index contributed by atoms with van der Waals surface area (Å²) in [5.74, 6) is -0.474. The molecule has 136 valence electrons. The van der Waals surface area contributed by atoms with E-state index in [1.165, 1.54) is 5.56 Å². The molecular formula is C21H25N3O2. The van der Waals surface area contributed by atoms with Crippen LogP contribution in [0.15, 0.2) is 47.6 Å². The molecule has 0 aliphatic heterocycles. The van der Waals surface area contributed by atoms with Crippen LogP contribution in [0.25, 0.3) is 0 Å². The molecule has 0 spiro atoms. The molecule has 0 fully saturated rings. The molecule has 5 nitrogen and oxygen atoms in total. The number of carbonyl (C=O) groups is 2. The third-order valence-corrected chi connectivity index (χ3v) is 4.05. The molecule has 5 heteroatoms. The maximum absolute atomic E-state index is 12.0. The van der Waals surface area contributed by atoms with E-state index in [9.17, 15) is 9.59 Å². The molecule has 2 rings (SSSR count). The molecule has 0 atom stereocenters. The highest BCUT2D eigenvalue weighted by atomic mass is 16.2. The number of carbonyl (C=O) groups excluding carboxylic acids is 2. The number of anilines is 1. The van der Waals surface area contributed by atoms with E-state index < -0.39 is 0 Å². The van der Waals surface area contributed by atoms with E-state index in [-0.39, 0.29) is 24.7 Å². The van der Waals surface area contributed by atoms with Gasteiger partial charge in [0.15, 0.2) is 0 Å². The lowest BCUT2D eigenvalue weighted by Gasteiger charge is -2.09. The minimum atomic E-state index is -0.285. The van der Waals surface area contributed by atoms with Crippen molar-refractivity contribution in [2.75, 3.05) is 5.32 Å². The molecule has 26 heavy (non-hydrogen) atoms. The first kappa shape index (κ1) is 19.4. The third-order valence-electron chi connectivity index (χ3n) is 4.05. The highest BCUT2D eigenvalue weighted by molar-refractivity contribution is 5.99. The fourth-order valence-corrected chi connectivity index (χ4v) is 2.46. The van der Waals surface area contributed by atoms with Crippen LogP contribution < -0.4 is 10.7 Å². The van der Waals surface area contributed by atoms with Crippen molar-refractivity contribution in [2.24, 2.45) is 5.10 Å². The molecule has 0 bridgehead atoms. The van der Waals surface area contributed by atoms with Crippen LogP contribution in [0.1, 0.15) is 42.0 Å². The summed E-state index contributed by atoms with van der Waals surface area (Å²) < 4.78 is 0. The highest BCUT2D eigenvalue weighted by Crippen LogP contribution is 2.16. The molecule has 2 aromatic rings. The Balaban J connectivity index is 1.81. The summed E-state index contributed by atoms with van der Waals surface area (Å²) in [6.07, 6.45) is 0.194. The Morgan fingerprint density at radius 1 is 0.885 bits per heavy atom. The van der Waals surface area contributed by atoms with Gasteiger partial charge in [-0.3, -0.25) is 9.59 Å². The number of nitrogens with zero attached hydrogens (tertiary/aromatic N) is 1. The van der Waals surface area contributed by atoms with Crippen molar-refractivity contribution in [2.45, 2.75) is 40.5 Å². The van der Waals surface area contributed by atoms with Crippen molar-refractivity contribution in [1.82, 2.24) is 5.43 Å². The van der Waals surface area contributed by atoms with Crippen LogP contribution in [0.3, 0.4) is 0 Å². The number of hydrazone groups is 1. The number of nitrogens with one attached hydrogen (secondary N) is 2. The van der Waals surface area contributed by atoms with Gasteiger partial charge in [0.2, 0.25) is 11.8 Å². The predicted octanol–water partition coefficient (Wildman–Crippen LogP) is 3.87. The van der Waals surface area contributed by atoms with E-state index in [1.807, 2.05) is 70.2 Å². The van der Waals surface area contributed by atoms with Crippen molar-refractivity contribution in [3.8, 4) is 0 Å². The fraction of sp³-hybridized carbons (Fsp3) is 0.286. The summed E-state index contributed by atoms with van der Waals surface area (Å²) in [6.45, 7) is 7.79. The normalized spacial score (nSPS) is 11.2. The zero-order chi connectivity index (χ0) is 19.1. The van der Waals surface area contributed by atoms with Gasteiger partial charge in [-0.15, -0.1) is 0 Å². The van der Waals surface area contributed by atoms with Gasteiger partial charge in [-0.1, -0.05) is 47.5 Å². The summed E-state index contributed by atoms with van der Waals surface area (Å²) in [5.41, 5.74) is 8.25. The van der Waals surface area contributed by atoms with Gasteiger partial charge in [0, 0.05) is 18.5 Å². The van der Waals surface area contributed by atoms with Gasteiger partial charge >= 0.3 is 0 Å². The van der Waals surface area contributed by atoms with Crippen LogP contribution in [0.2, 0.25) is 0 Å². The molecule has 0 aliphatic rings. The number of rotatable bonds is 6. The summed E-state index contributed by atoms with van der Waals surface area (Å²) in [6, 6.07) is 13.7. The highest BCUT2D eigenvalue weighted by Gasteiger charge is 2.08. The van der Waals surface area contributed by atoms with E-state index in [1.54, 1.807) is 0 Å². The summed E-state index contributed by atoms with van der Waals surface area (Å²) in [5, 5.41) is 6.93. The lowest BCUT2D eigenvalue weighted by Crippen LogP contribution is -2.22. The maximum atomic E-state index is 12.0. The molecule has 0 saturated carbocycles. The lowest BCUT2D eigenvalue weighted by molar-refractivity contribution is -0.124. The number of aryl methyl sites for hydroxylation is 3. The van der Waals surface area contributed by atoms with Gasteiger partial charge < -0.3 is 5.32 Å². The largest absolute Gasteiger partial charge is 0.326 e. The number of hydrogen-bond acceptors (Lipinski definition) is 3. The van der Waals surface area contributed by atoms with Crippen LogP contribution >= 0.6 is 0 Å². The average Bonchev–Trinajstić information content (AvgIpc) is 2.61. The van der Waals surface area contributed by atoms with Crippen LogP contribution in [-0.4, -0.2) is 17.5 Å². The van der Waals surface area contributed by atoms with E-state index in [0.29, 0.717) is 0 Å². The van der Waals surface area contributed by atoms with Gasteiger partial charge in [0.05, 0.1) is 5.71 Å². The second-order valence-electron chi connectivity index (χ2n) is 6.46. The van der Waals surface area contributed by atoms with Crippen molar-refractivity contribution in [3.63, 3.8) is 0 Å². The number of amides is 2. The molecule has 0 aliphatic carbocycles. The second-order valence-corrected chi connectivity index (χ2v) is 6.46. The first-order valence-electron chi connectivity index (χ1n) is 8.62. The predicted molar refractivity (Wildman–Crippen MR) is 105 cm³/mol. The Bertz CT molecular complexity index is 824. The monoisotopic (exact) mass is 351 g/mol. The maximum Gasteiger partial charge on any atom is 0.240 e. The smallest absolute Gasteiger partial charge is 0.240 e. The Morgan fingerprint density at radius 3 is 2.15 bits per heavy atom. The molecule has 2 amide bonds. The van der Waals surface area contributed by atoms with Gasteiger partial charge in [-0.05, 0) is 44.9 Å². The van der Waals surface area contributed by atoms with Gasteiger partial charge in [-0.2, -0.15) is 5.10 Å². The van der Waals surface area contributed by atoms with Crippen molar-refractivity contribution in [3.05, 3.63) is 64.7 Å². The molecule has 0 saturated heterocycles. The Hall–Kier alpha value is -2.95. The summed E-state index contributed by atoms with van der Waals surface area (Å²) in [7, 11) is 0. The molecule has 2 aromatic carbocycles. The molecule has 0 unspecified atom stereocenters. The van der Waals surface area contributed by atoms with E-state index in [4.69, 9.17) is 0 Å². The topological polar surface area (TPSA) is 70.6 Å². The second kappa shape index (κ2) is 8.94. The molecule has 2 N–H and O–H groups in total. The average molecular weight is 351 g/mol. The van der Waals surface area contributed by atoms with Crippen LogP contribution in [0.5, 0.6) is 0 Å². The van der Waals surface area contributed by atoms with Gasteiger partial charge in [0.25, 0.3) is 0 Å². The fourth-order valence-electron chi connectivity index (χ4n) is 2.46. The van der Waals surface area contributed by atoms with Crippen molar-refractivity contribution >= 4 is 23.2 Å². The molecule has 0 radical (unpaired) electrons. The molecule has 0 heterocycles. The van der Waals surface area contributed by atoms with E-state index in [2.05, 4.69) is 15.8 Å². The van der Waals surface area contributed by atoms with Crippen molar-refractivity contribution < 1.29 is 9.59 Å². The minimum Gasteiger partial charge on any atom is -0.326 e. The summed E-state index contributed by atoms with van der Waals surface area (Å²) in [4.78, 5) is 23.9. The Kier molecular flexibility index (Phi) is 6.67. The number of benzene rings is 2. The van der Waals surface area contributed by atoms with Gasteiger partial charge in [-0.25, -0.2) is 5.43 Å². The van der Waals surface area contributed by atoms with Crippen LogP contribution in [0.4, 0.5) is 5.69 Å². The van der Waals surface area contributed by atoms with E-state index >= 15 is 0 Å². The minimum absolute atomic E-state index is 0.0847. The molecule has 0 aromatic heterocycles. The van der Waals surface area contributed by atoms with Gasteiger partial charge in [0.1, 0.15) is 0 Å². The lowest BCUT2D eigenvalue weighted by atomic mass is 10.1. The molecular weight excluding hydrogens is 326 g/mol. The quantitative estimate of drug-likeness (QED) is 0.612. The Morgan fingerprint density at radius 2 is 1.50 bits per heavy atom. The zero-order valence-electron chi connectivity index (χ0n) is 15.7. The third kappa shape index (κ3) is 5.84. The van der Waals surface area contributed by atoms with E-state index in [0.717, 1.165) is 28.1 Å². The standard InChI is InChI=1S/C21H25N3O2/c1-14-5-8-18(9-6-14)17(4)23-24-21(26)12-11-20(25)22-19-10-7-15(2)13-16(19)3/h5-10,13H,11-12H2,1-4H3,(H,22,25)(H,24,26)/b23-17-. The zero-order valence-corrected chi connectivity index (χ0v) is 15.7. The SMILES string of the molecule is C/C(=N/NC(=O)CCC(=O)Nc1ccc(C)cc1C)c1ccc(C)cc1. The van der Waals surface area contributed by atoms with Crippen molar-refractivity contribution in [1.29, 1.82) is 0 Å². The summed E-state index contributed by atoms with van der Waals surface area (Å²) >= 11 is 0. The first-order valence-corrected chi connectivity index (χ1v) is 8.62. The van der Waals surface area contributed by atoms with Crippen LogP contribution in [0, 0.1) is 20.8 Å². The number of hydrogen-bond donors (Lipinski definition) is 2. The Labute approximate surface area is 154 Å². The van der Waals surface area contributed by atoms with Crippen LogP contribution in [-0.2, 0) is 9.59 Å².